The van der Waals surface area contributed by atoms with E-state index < -0.39 is 18.3 Å². The molecule has 0 radical (unpaired) electrons. The van der Waals surface area contributed by atoms with Crippen molar-refractivity contribution >= 4 is 0 Å². The van der Waals surface area contributed by atoms with E-state index in [4.69, 9.17) is 9.47 Å². The average molecular weight is 274 g/mol. The van der Waals surface area contributed by atoms with Crippen LogP contribution < -0.4 is 0 Å². The van der Waals surface area contributed by atoms with E-state index in [1.54, 1.807) is 0 Å². The fourth-order valence-electron chi connectivity index (χ4n) is 2.64. The molecule has 0 aromatic rings. The van der Waals surface area contributed by atoms with Crippen LogP contribution in [-0.4, -0.2) is 47.3 Å². The van der Waals surface area contributed by atoms with Gasteiger partial charge in [-0.3, -0.25) is 0 Å². The third kappa shape index (κ3) is 4.42. The van der Waals surface area contributed by atoms with Gasteiger partial charge in [0.25, 0.3) is 0 Å². The van der Waals surface area contributed by atoms with Crippen LogP contribution >= 0.6 is 0 Å². The van der Waals surface area contributed by atoms with Crippen molar-refractivity contribution in [3.05, 3.63) is 0 Å². The van der Waals surface area contributed by atoms with Crippen LogP contribution in [0, 0.1) is 5.92 Å². The smallest absolute Gasteiger partial charge is 0.112 e. The molecule has 5 atom stereocenters. The van der Waals surface area contributed by atoms with Gasteiger partial charge in [0.15, 0.2) is 0 Å². The normalized spacial score (nSPS) is 33.6. The van der Waals surface area contributed by atoms with Gasteiger partial charge in [-0.15, -0.1) is 0 Å². The van der Waals surface area contributed by atoms with E-state index in [-0.39, 0.29) is 18.8 Å². The number of ether oxygens (including phenoxy) is 2. The Bertz CT molecular complexity index is 242. The van der Waals surface area contributed by atoms with Crippen molar-refractivity contribution < 1.29 is 19.7 Å². The summed E-state index contributed by atoms with van der Waals surface area (Å²) < 4.78 is 11.9. The Morgan fingerprint density at radius 2 is 1.84 bits per heavy atom. The molecule has 1 saturated heterocycles. The van der Waals surface area contributed by atoms with Crippen LogP contribution in [0.1, 0.15) is 53.4 Å². The molecule has 19 heavy (non-hydrogen) atoms. The first-order valence-corrected chi connectivity index (χ1v) is 7.67. The summed E-state index contributed by atoms with van der Waals surface area (Å²) in [5.74, 6) is 0.387. The molecular formula is C15H30O4. The summed E-state index contributed by atoms with van der Waals surface area (Å²) >= 11 is 0. The SMILES string of the molecule is CCC(CC)O[C@H]1[C@H](O)CC(C(C)CC)O[C@@H]1CO. The minimum atomic E-state index is -0.550. The van der Waals surface area contributed by atoms with Crippen LogP contribution in [0.15, 0.2) is 0 Å². The first kappa shape index (κ1) is 16.9. The number of aliphatic hydroxyl groups excluding tert-OH is 2. The topological polar surface area (TPSA) is 58.9 Å². The van der Waals surface area contributed by atoms with Crippen molar-refractivity contribution in [3.63, 3.8) is 0 Å². The molecule has 0 aromatic carbocycles. The molecule has 1 fully saturated rings. The van der Waals surface area contributed by atoms with E-state index in [0.29, 0.717) is 12.3 Å². The highest BCUT2D eigenvalue weighted by Crippen LogP contribution is 2.29. The van der Waals surface area contributed by atoms with Crippen molar-refractivity contribution in [3.8, 4) is 0 Å². The maximum atomic E-state index is 10.3. The molecule has 1 aliphatic rings. The molecular weight excluding hydrogens is 244 g/mol. The average Bonchev–Trinajstić information content (AvgIpc) is 2.44. The van der Waals surface area contributed by atoms with Gasteiger partial charge in [-0.1, -0.05) is 34.1 Å². The summed E-state index contributed by atoms with van der Waals surface area (Å²) in [6, 6.07) is 0. The summed E-state index contributed by atoms with van der Waals surface area (Å²) in [5.41, 5.74) is 0. The van der Waals surface area contributed by atoms with Gasteiger partial charge in [0, 0.05) is 6.42 Å². The summed E-state index contributed by atoms with van der Waals surface area (Å²) in [5, 5.41) is 19.8. The van der Waals surface area contributed by atoms with E-state index in [9.17, 15) is 10.2 Å². The summed E-state index contributed by atoms with van der Waals surface area (Å²) in [6.45, 7) is 8.27. The Hall–Kier alpha value is -0.160. The first-order chi connectivity index (χ1) is 9.07. The third-order valence-corrected chi connectivity index (χ3v) is 4.29. The molecule has 0 bridgehead atoms. The quantitative estimate of drug-likeness (QED) is 0.746. The largest absolute Gasteiger partial charge is 0.394 e. The summed E-state index contributed by atoms with van der Waals surface area (Å²) in [6.07, 6.45) is 2.18. The standard InChI is InChI=1S/C15H30O4/c1-5-10(4)13-8-12(17)15(14(9-16)19-13)18-11(6-2)7-3/h10-17H,5-9H2,1-4H3/t10?,12-,13?,14-,15+/m1/s1. The minimum Gasteiger partial charge on any atom is -0.394 e. The number of rotatable bonds is 7. The second-order valence-electron chi connectivity index (χ2n) is 5.62. The first-order valence-electron chi connectivity index (χ1n) is 7.67. The van der Waals surface area contributed by atoms with E-state index in [2.05, 4.69) is 27.7 Å². The van der Waals surface area contributed by atoms with Crippen LogP contribution in [-0.2, 0) is 9.47 Å². The van der Waals surface area contributed by atoms with Gasteiger partial charge in [-0.2, -0.15) is 0 Å². The second-order valence-corrected chi connectivity index (χ2v) is 5.62. The highest BCUT2D eigenvalue weighted by atomic mass is 16.6. The number of aliphatic hydroxyl groups is 2. The van der Waals surface area contributed by atoms with Crippen molar-refractivity contribution in [2.45, 2.75) is 83.9 Å². The number of hydrogen-bond acceptors (Lipinski definition) is 4. The lowest BCUT2D eigenvalue weighted by atomic mass is 9.90. The van der Waals surface area contributed by atoms with Gasteiger partial charge in [-0.05, 0) is 18.8 Å². The molecule has 2 unspecified atom stereocenters. The highest BCUT2D eigenvalue weighted by Gasteiger charge is 2.40. The Morgan fingerprint density at radius 1 is 1.21 bits per heavy atom. The van der Waals surface area contributed by atoms with Crippen molar-refractivity contribution in [2.75, 3.05) is 6.61 Å². The summed E-state index contributed by atoms with van der Waals surface area (Å²) in [7, 11) is 0. The minimum absolute atomic E-state index is 0.0127. The van der Waals surface area contributed by atoms with E-state index >= 15 is 0 Å². The molecule has 1 heterocycles. The predicted octanol–water partition coefficient (Wildman–Crippen LogP) is 2.12. The van der Waals surface area contributed by atoms with Gasteiger partial charge in [0.2, 0.25) is 0 Å². The van der Waals surface area contributed by atoms with Crippen molar-refractivity contribution in [1.29, 1.82) is 0 Å². The second kappa shape index (κ2) is 8.20. The van der Waals surface area contributed by atoms with Crippen LogP contribution in [0.5, 0.6) is 0 Å². The molecule has 0 saturated carbocycles. The van der Waals surface area contributed by atoms with Gasteiger partial charge >= 0.3 is 0 Å². The monoisotopic (exact) mass is 274 g/mol. The Morgan fingerprint density at radius 3 is 2.32 bits per heavy atom. The zero-order chi connectivity index (χ0) is 14.4. The van der Waals surface area contributed by atoms with Crippen LogP contribution in [0.4, 0.5) is 0 Å². The molecule has 4 heteroatoms. The van der Waals surface area contributed by atoms with Crippen LogP contribution in [0.2, 0.25) is 0 Å². The van der Waals surface area contributed by atoms with E-state index in [1.807, 2.05) is 0 Å². The molecule has 1 rings (SSSR count). The zero-order valence-electron chi connectivity index (χ0n) is 12.7. The lowest BCUT2D eigenvalue weighted by molar-refractivity contribution is -0.220. The van der Waals surface area contributed by atoms with Crippen molar-refractivity contribution in [2.24, 2.45) is 5.92 Å². The fraction of sp³-hybridized carbons (Fsp3) is 1.00. The lowest BCUT2D eigenvalue weighted by Gasteiger charge is -2.42. The molecule has 0 amide bonds. The van der Waals surface area contributed by atoms with E-state index in [0.717, 1.165) is 19.3 Å². The predicted molar refractivity (Wildman–Crippen MR) is 75.1 cm³/mol. The van der Waals surface area contributed by atoms with Gasteiger partial charge in [-0.25, -0.2) is 0 Å². The molecule has 2 N–H and O–H groups in total. The van der Waals surface area contributed by atoms with Gasteiger partial charge in [0.1, 0.15) is 12.2 Å². The highest BCUT2D eigenvalue weighted by molar-refractivity contribution is 4.88. The maximum absolute atomic E-state index is 10.3. The Kier molecular flexibility index (Phi) is 7.29. The maximum Gasteiger partial charge on any atom is 0.112 e. The Labute approximate surface area is 117 Å². The van der Waals surface area contributed by atoms with Gasteiger partial charge < -0.3 is 19.7 Å². The van der Waals surface area contributed by atoms with Crippen LogP contribution in [0.25, 0.3) is 0 Å². The Balaban J connectivity index is 2.67. The molecule has 0 aliphatic carbocycles. The third-order valence-electron chi connectivity index (χ3n) is 4.29. The van der Waals surface area contributed by atoms with Crippen LogP contribution in [0.3, 0.4) is 0 Å². The fourth-order valence-corrected chi connectivity index (χ4v) is 2.64. The molecule has 114 valence electrons. The molecule has 1 aliphatic heterocycles. The molecule has 0 aromatic heterocycles. The molecule has 0 spiro atoms. The summed E-state index contributed by atoms with van der Waals surface area (Å²) in [4.78, 5) is 0. The molecule has 4 nitrogen and oxygen atoms in total. The lowest BCUT2D eigenvalue weighted by Crippen LogP contribution is -2.53. The zero-order valence-corrected chi connectivity index (χ0v) is 12.7. The number of hydrogen-bond donors (Lipinski definition) is 2. The van der Waals surface area contributed by atoms with E-state index in [1.165, 1.54) is 0 Å². The van der Waals surface area contributed by atoms with Gasteiger partial charge in [0.05, 0.1) is 24.9 Å². The van der Waals surface area contributed by atoms with Crippen molar-refractivity contribution in [1.82, 2.24) is 0 Å².